The highest BCUT2D eigenvalue weighted by molar-refractivity contribution is 5.93. The summed E-state index contributed by atoms with van der Waals surface area (Å²) in [7, 11) is 0. The molecule has 2 unspecified atom stereocenters. The second kappa shape index (κ2) is 5.68. The summed E-state index contributed by atoms with van der Waals surface area (Å²) in [4.78, 5) is 26.0. The van der Waals surface area contributed by atoms with Gasteiger partial charge < -0.3 is 10.3 Å². The van der Waals surface area contributed by atoms with Crippen LogP contribution in [0.3, 0.4) is 0 Å². The summed E-state index contributed by atoms with van der Waals surface area (Å²) in [5.41, 5.74) is -0.536. The summed E-state index contributed by atoms with van der Waals surface area (Å²) >= 11 is 0. The number of nitrogens with one attached hydrogen (secondary N) is 2. The molecule has 0 aliphatic heterocycles. The van der Waals surface area contributed by atoms with Crippen LogP contribution in [0, 0.1) is 5.92 Å². The molecule has 1 fully saturated rings. The predicted octanol–water partition coefficient (Wildman–Crippen LogP) is 2.23. The molecule has 0 spiro atoms. The van der Waals surface area contributed by atoms with Gasteiger partial charge in [0.2, 0.25) is 0 Å². The van der Waals surface area contributed by atoms with Gasteiger partial charge in [-0.3, -0.25) is 9.59 Å². The quantitative estimate of drug-likeness (QED) is 0.876. The van der Waals surface area contributed by atoms with E-state index < -0.39 is 29.5 Å². The molecule has 1 saturated carbocycles. The van der Waals surface area contributed by atoms with Crippen molar-refractivity contribution in [1.29, 1.82) is 0 Å². The zero-order valence-corrected chi connectivity index (χ0v) is 10.7. The van der Waals surface area contributed by atoms with Crippen LogP contribution in [0.1, 0.15) is 36.0 Å². The lowest BCUT2D eigenvalue weighted by atomic mass is 9.85. The van der Waals surface area contributed by atoms with E-state index in [9.17, 15) is 22.8 Å². The number of aromatic amines is 1. The maximum atomic E-state index is 12.7. The Balaban J connectivity index is 2.02. The molecule has 0 bridgehead atoms. The molecule has 110 valence electrons. The number of hydrogen-bond acceptors (Lipinski definition) is 2. The minimum absolute atomic E-state index is 0.0818. The molecule has 20 heavy (non-hydrogen) atoms. The van der Waals surface area contributed by atoms with Gasteiger partial charge >= 0.3 is 6.18 Å². The van der Waals surface area contributed by atoms with Crippen molar-refractivity contribution in [1.82, 2.24) is 10.3 Å². The number of pyridine rings is 1. The Morgan fingerprint density at radius 1 is 1.35 bits per heavy atom. The molecule has 2 atom stereocenters. The van der Waals surface area contributed by atoms with Gasteiger partial charge in [-0.2, -0.15) is 13.2 Å². The maximum Gasteiger partial charge on any atom is 0.391 e. The highest BCUT2D eigenvalue weighted by Gasteiger charge is 2.42. The lowest BCUT2D eigenvalue weighted by Crippen LogP contribution is -2.42. The normalized spacial score (nSPS) is 23.4. The lowest BCUT2D eigenvalue weighted by molar-refractivity contribution is -0.183. The number of alkyl halides is 3. The molecule has 1 heterocycles. The number of rotatable bonds is 2. The Morgan fingerprint density at radius 3 is 2.75 bits per heavy atom. The van der Waals surface area contributed by atoms with Gasteiger partial charge in [0.25, 0.3) is 5.91 Å². The van der Waals surface area contributed by atoms with Crippen LogP contribution in [0.4, 0.5) is 13.2 Å². The SMILES string of the molecule is O=C(NC1CCCC(C(F)(F)F)C1)c1c[nH]ccc1=O. The van der Waals surface area contributed by atoms with E-state index in [0.29, 0.717) is 12.8 Å². The first-order valence-corrected chi connectivity index (χ1v) is 6.42. The van der Waals surface area contributed by atoms with E-state index in [4.69, 9.17) is 0 Å². The first-order valence-electron chi connectivity index (χ1n) is 6.42. The van der Waals surface area contributed by atoms with E-state index >= 15 is 0 Å². The summed E-state index contributed by atoms with van der Waals surface area (Å²) in [5.74, 6) is -2.00. The van der Waals surface area contributed by atoms with Gasteiger partial charge in [0.05, 0.1) is 5.92 Å². The average molecular weight is 288 g/mol. The minimum atomic E-state index is -4.23. The van der Waals surface area contributed by atoms with Crippen molar-refractivity contribution in [3.8, 4) is 0 Å². The number of aromatic nitrogens is 1. The molecule has 1 aliphatic rings. The third kappa shape index (κ3) is 3.40. The molecule has 7 heteroatoms. The predicted molar refractivity (Wildman–Crippen MR) is 66.3 cm³/mol. The zero-order chi connectivity index (χ0) is 14.8. The summed E-state index contributed by atoms with van der Waals surface area (Å²) in [5, 5.41) is 2.52. The molecule has 1 amide bonds. The second-order valence-electron chi connectivity index (χ2n) is 5.00. The monoisotopic (exact) mass is 288 g/mol. The minimum Gasteiger partial charge on any atom is -0.367 e. The lowest BCUT2D eigenvalue weighted by Gasteiger charge is -2.30. The first-order chi connectivity index (χ1) is 9.38. The number of halogens is 3. The number of hydrogen-bond donors (Lipinski definition) is 2. The standard InChI is InChI=1S/C13H15F3N2O2/c14-13(15,16)8-2-1-3-9(6-8)18-12(20)10-7-17-5-4-11(10)19/h4-5,7-9H,1-3,6H2,(H,17,19)(H,18,20). The van der Waals surface area contributed by atoms with Gasteiger partial charge in [-0.1, -0.05) is 6.42 Å². The average Bonchev–Trinajstić information content (AvgIpc) is 2.38. The topological polar surface area (TPSA) is 62.0 Å². The fraction of sp³-hybridized carbons (Fsp3) is 0.538. The van der Waals surface area contributed by atoms with Crippen LogP contribution in [0.2, 0.25) is 0 Å². The van der Waals surface area contributed by atoms with Crippen molar-refractivity contribution in [2.75, 3.05) is 0 Å². The van der Waals surface area contributed by atoms with E-state index in [-0.39, 0.29) is 18.4 Å². The number of amides is 1. The molecule has 1 aromatic rings. The van der Waals surface area contributed by atoms with E-state index in [2.05, 4.69) is 10.3 Å². The van der Waals surface area contributed by atoms with Crippen LogP contribution in [0.25, 0.3) is 0 Å². The van der Waals surface area contributed by atoms with Crippen molar-refractivity contribution in [2.24, 2.45) is 5.92 Å². The van der Waals surface area contributed by atoms with Crippen molar-refractivity contribution in [3.63, 3.8) is 0 Å². The van der Waals surface area contributed by atoms with Gasteiger partial charge in [-0.15, -0.1) is 0 Å². The van der Waals surface area contributed by atoms with Gasteiger partial charge in [-0.25, -0.2) is 0 Å². The molecular formula is C13H15F3N2O2. The summed E-state index contributed by atoms with van der Waals surface area (Å²) in [6.45, 7) is 0. The molecule has 2 N–H and O–H groups in total. The Bertz CT molecular complexity index is 539. The van der Waals surface area contributed by atoms with Crippen molar-refractivity contribution < 1.29 is 18.0 Å². The van der Waals surface area contributed by atoms with Gasteiger partial charge in [0, 0.05) is 24.5 Å². The Hall–Kier alpha value is -1.79. The Morgan fingerprint density at radius 2 is 2.10 bits per heavy atom. The van der Waals surface area contributed by atoms with E-state index in [1.165, 1.54) is 18.5 Å². The molecule has 4 nitrogen and oxygen atoms in total. The van der Waals surface area contributed by atoms with Crippen molar-refractivity contribution >= 4 is 5.91 Å². The van der Waals surface area contributed by atoms with Crippen LogP contribution < -0.4 is 10.7 Å². The third-order valence-corrected chi connectivity index (χ3v) is 3.54. The third-order valence-electron chi connectivity index (χ3n) is 3.54. The fourth-order valence-electron chi connectivity index (χ4n) is 2.47. The van der Waals surface area contributed by atoms with Crippen molar-refractivity contribution in [2.45, 2.75) is 37.9 Å². The fourth-order valence-corrected chi connectivity index (χ4v) is 2.47. The molecule has 1 aliphatic carbocycles. The van der Waals surface area contributed by atoms with Crippen molar-refractivity contribution in [3.05, 3.63) is 34.2 Å². The Labute approximate surface area is 113 Å². The molecular weight excluding hydrogens is 273 g/mol. The zero-order valence-electron chi connectivity index (χ0n) is 10.7. The van der Waals surface area contributed by atoms with Crippen LogP contribution in [0.15, 0.2) is 23.3 Å². The van der Waals surface area contributed by atoms with Crippen LogP contribution >= 0.6 is 0 Å². The summed E-state index contributed by atoms with van der Waals surface area (Å²) in [6.07, 6.45) is -0.695. The maximum absolute atomic E-state index is 12.7. The number of carbonyl (C=O) groups is 1. The summed E-state index contributed by atoms with van der Waals surface area (Å²) < 4.78 is 38.0. The molecule has 0 aromatic carbocycles. The molecule has 2 rings (SSSR count). The highest BCUT2D eigenvalue weighted by Crippen LogP contribution is 2.37. The number of carbonyl (C=O) groups excluding carboxylic acids is 1. The first kappa shape index (κ1) is 14.6. The molecule has 1 aromatic heterocycles. The van der Waals surface area contributed by atoms with E-state index in [1.807, 2.05) is 0 Å². The van der Waals surface area contributed by atoms with Crippen LogP contribution in [-0.2, 0) is 0 Å². The van der Waals surface area contributed by atoms with E-state index in [1.54, 1.807) is 0 Å². The van der Waals surface area contributed by atoms with Gasteiger partial charge in [0.1, 0.15) is 5.56 Å². The van der Waals surface area contributed by atoms with E-state index in [0.717, 1.165) is 0 Å². The second-order valence-corrected chi connectivity index (χ2v) is 5.00. The molecule has 0 saturated heterocycles. The largest absolute Gasteiger partial charge is 0.391 e. The van der Waals surface area contributed by atoms with Gasteiger partial charge in [-0.05, 0) is 19.3 Å². The Kier molecular flexibility index (Phi) is 4.15. The summed E-state index contributed by atoms with van der Waals surface area (Å²) in [6, 6.07) is 0.663. The number of H-pyrrole nitrogens is 1. The van der Waals surface area contributed by atoms with Crippen LogP contribution in [-0.4, -0.2) is 23.1 Å². The van der Waals surface area contributed by atoms with Crippen LogP contribution in [0.5, 0.6) is 0 Å². The molecule has 0 radical (unpaired) electrons. The highest BCUT2D eigenvalue weighted by atomic mass is 19.4. The van der Waals surface area contributed by atoms with Gasteiger partial charge in [0.15, 0.2) is 5.43 Å². The smallest absolute Gasteiger partial charge is 0.367 e.